The molecule has 5 nitrogen and oxygen atoms in total. The third-order valence-electron chi connectivity index (χ3n) is 4.72. The maximum absolute atomic E-state index is 10.1. The number of aromatic hydroxyl groups is 2. The number of nitrogen functional groups attached to an aromatic ring is 1. The van der Waals surface area contributed by atoms with Gasteiger partial charge in [0.2, 0.25) is 0 Å². The Morgan fingerprint density at radius 1 is 1.08 bits per heavy atom. The van der Waals surface area contributed by atoms with E-state index < -0.39 is 0 Å². The van der Waals surface area contributed by atoms with Gasteiger partial charge in [-0.2, -0.15) is 0 Å². The molecular formula is C20H19N3O2. The molecule has 25 heavy (non-hydrogen) atoms. The second kappa shape index (κ2) is 5.41. The molecule has 1 heterocycles. The Bertz CT molecular complexity index is 1010. The van der Waals surface area contributed by atoms with Gasteiger partial charge in [0.25, 0.3) is 0 Å². The minimum Gasteiger partial charge on any atom is -0.508 e. The van der Waals surface area contributed by atoms with Gasteiger partial charge in [0.1, 0.15) is 23.1 Å². The summed E-state index contributed by atoms with van der Waals surface area (Å²) >= 11 is 0. The number of allylic oxidation sites excluding steroid dienone is 1. The zero-order valence-corrected chi connectivity index (χ0v) is 14.1. The molecule has 5 heteroatoms. The van der Waals surface area contributed by atoms with Gasteiger partial charge >= 0.3 is 0 Å². The lowest BCUT2D eigenvalue weighted by Gasteiger charge is -2.10. The molecular weight excluding hydrogens is 314 g/mol. The zero-order chi connectivity index (χ0) is 17.7. The van der Waals surface area contributed by atoms with Crippen LogP contribution in [0.3, 0.4) is 0 Å². The fourth-order valence-electron chi connectivity index (χ4n) is 3.57. The van der Waals surface area contributed by atoms with E-state index in [1.807, 2.05) is 30.7 Å². The minimum atomic E-state index is 0.233. The first-order chi connectivity index (χ1) is 11.9. The maximum Gasteiger partial charge on any atom is 0.143 e. The largest absolute Gasteiger partial charge is 0.508 e. The van der Waals surface area contributed by atoms with Gasteiger partial charge < -0.3 is 20.5 Å². The highest BCUT2D eigenvalue weighted by molar-refractivity contribution is 6.03. The van der Waals surface area contributed by atoms with Gasteiger partial charge in [-0.25, -0.2) is 4.98 Å². The zero-order valence-electron chi connectivity index (χ0n) is 14.1. The van der Waals surface area contributed by atoms with Crippen LogP contribution in [-0.2, 0) is 13.5 Å². The van der Waals surface area contributed by atoms with Crippen molar-refractivity contribution in [1.29, 1.82) is 0 Å². The van der Waals surface area contributed by atoms with Crippen molar-refractivity contribution in [3.05, 3.63) is 70.7 Å². The number of rotatable bonds is 2. The van der Waals surface area contributed by atoms with Gasteiger partial charge in [0.15, 0.2) is 0 Å². The summed E-state index contributed by atoms with van der Waals surface area (Å²) < 4.78 is 1.90. The van der Waals surface area contributed by atoms with Crippen molar-refractivity contribution in [2.24, 2.45) is 7.05 Å². The van der Waals surface area contributed by atoms with E-state index in [4.69, 9.17) is 5.73 Å². The predicted octanol–water partition coefficient (Wildman–Crippen LogP) is 3.24. The Morgan fingerprint density at radius 2 is 1.80 bits per heavy atom. The van der Waals surface area contributed by atoms with Crippen LogP contribution in [-0.4, -0.2) is 19.8 Å². The molecule has 0 bridgehead atoms. The van der Waals surface area contributed by atoms with Crippen molar-refractivity contribution >= 4 is 17.0 Å². The van der Waals surface area contributed by atoms with Gasteiger partial charge in [-0.3, -0.25) is 0 Å². The number of anilines is 1. The molecule has 3 aromatic rings. The Morgan fingerprint density at radius 3 is 2.44 bits per heavy atom. The third-order valence-corrected chi connectivity index (χ3v) is 4.72. The van der Waals surface area contributed by atoms with Crippen LogP contribution >= 0.6 is 0 Å². The standard InChI is InChI=1S/C20H19N3O2/c1-11-7-14(25)8-17-15(11)9-16(12-3-5-13(24)6-4-12)19(17)20-22-18(21)10-23(20)2/h3-8,10,24-25H,9,21H2,1-2H3. The Hall–Kier alpha value is -3.21. The van der Waals surface area contributed by atoms with Crippen LogP contribution in [0.2, 0.25) is 0 Å². The highest BCUT2D eigenvalue weighted by Gasteiger charge is 2.28. The molecule has 0 unspecified atom stereocenters. The Labute approximate surface area is 145 Å². The first-order valence-electron chi connectivity index (χ1n) is 8.08. The van der Waals surface area contributed by atoms with Crippen molar-refractivity contribution in [3.63, 3.8) is 0 Å². The number of imidazole rings is 1. The summed E-state index contributed by atoms with van der Waals surface area (Å²) in [7, 11) is 1.91. The second-order valence-corrected chi connectivity index (χ2v) is 6.47. The van der Waals surface area contributed by atoms with Gasteiger partial charge in [-0.15, -0.1) is 0 Å². The second-order valence-electron chi connectivity index (χ2n) is 6.47. The van der Waals surface area contributed by atoms with Crippen molar-refractivity contribution < 1.29 is 10.2 Å². The number of aryl methyl sites for hydroxylation is 2. The van der Waals surface area contributed by atoms with Crippen molar-refractivity contribution in [2.75, 3.05) is 5.73 Å². The average Bonchev–Trinajstić information content (AvgIpc) is 3.07. The highest BCUT2D eigenvalue weighted by Crippen LogP contribution is 2.44. The molecule has 4 N–H and O–H groups in total. The van der Waals surface area contributed by atoms with Crippen LogP contribution in [0.15, 0.2) is 42.6 Å². The molecule has 2 aromatic carbocycles. The fourth-order valence-corrected chi connectivity index (χ4v) is 3.57. The first-order valence-corrected chi connectivity index (χ1v) is 8.08. The number of nitrogens with zero attached hydrogens (tertiary/aromatic N) is 2. The van der Waals surface area contributed by atoms with E-state index in [2.05, 4.69) is 4.98 Å². The topological polar surface area (TPSA) is 84.3 Å². The van der Waals surface area contributed by atoms with Crippen LogP contribution < -0.4 is 5.73 Å². The number of fused-ring (bicyclic) bond motifs is 1. The fraction of sp³-hybridized carbons (Fsp3) is 0.150. The third kappa shape index (κ3) is 2.45. The lowest BCUT2D eigenvalue weighted by molar-refractivity contribution is 0.474. The molecule has 0 fully saturated rings. The van der Waals surface area contributed by atoms with Crippen LogP contribution in [0, 0.1) is 6.92 Å². The summed E-state index contributed by atoms with van der Waals surface area (Å²) in [5, 5.41) is 19.7. The van der Waals surface area contributed by atoms with Crippen LogP contribution in [0.25, 0.3) is 11.1 Å². The molecule has 0 amide bonds. The minimum absolute atomic E-state index is 0.233. The van der Waals surface area contributed by atoms with E-state index in [0.29, 0.717) is 5.82 Å². The van der Waals surface area contributed by atoms with Crippen molar-refractivity contribution in [2.45, 2.75) is 13.3 Å². The summed E-state index contributed by atoms with van der Waals surface area (Å²) in [5.74, 6) is 1.70. The van der Waals surface area contributed by atoms with Crippen molar-refractivity contribution in [1.82, 2.24) is 9.55 Å². The summed E-state index contributed by atoms with van der Waals surface area (Å²) in [6.45, 7) is 2.00. The highest BCUT2D eigenvalue weighted by atomic mass is 16.3. The van der Waals surface area contributed by atoms with Gasteiger partial charge in [-0.05, 0) is 65.4 Å². The van der Waals surface area contributed by atoms with Crippen LogP contribution in [0.4, 0.5) is 5.82 Å². The molecule has 1 aliphatic carbocycles. The van der Waals surface area contributed by atoms with E-state index in [1.165, 1.54) is 5.56 Å². The monoisotopic (exact) mass is 333 g/mol. The maximum atomic E-state index is 10.1. The van der Waals surface area contributed by atoms with E-state index in [-0.39, 0.29) is 11.5 Å². The number of hydrogen-bond acceptors (Lipinski definition) is 4. The predicted molar refractivity (Wildman–Crippen MR) is 98.2 cm³/mol. The summed E-state index contributed by atoms with van der Waals surface area (Å²) in [6.07, 6.45) is 2.53. The van der Waals surface area contributed by atoms with E-state index in [1.54, 1.807) is 30.5 Å². The van der Waals surface area contributed by atoms with Crippen LogP contribution in [0.5, 0.6) is 11.5 Å². The number of phenolic OH excluding ortho intramolecular Hbond substituents is 2. The Balaban J connectivity index is 2.01. The summed E-state index contributed by atoms with van der Waals surface area (Å²) in [4.78, 5) is 4.50. The van der Waals surface area contributed by atoms with Crippen LogP contribution in [0.1, 0.15) is 28.1 Å². The van der Waals surface area contributed by atoms with E-state index in [0.717, 1.165) is 40.1 Å². The molecule has 126 valence electrons. The molecule has 0 spiro atoms. The summed E-state index contributed by atoms with van der Waals surface area (Å²) in [6, 6.07) is 10.7. The molecule has 0 saturated carbocycles. The van der Waals surface area contributed by atoms with Gasteiger partial charge in [0, 0.05) is 18.8 Å². The van der Waals surface area contributed by atoms with E-state index in [9.17, 15) is 10.2 Å². The van der Waals surface area contributed by atoms with E-state index >= 15 is 0 Å². The molecule has 0 atom stereocenters. The number of nitrogens with two attached hydrogens (primary N) is 1. The van der Waals surface area contributed by atoms with Gasteiger partial charge in [-0.1, -0.05) is 12.1 Å². The number of phenols is 2. The number of aromatic nitrogens is 2. The Kier molecular flexibility index (Phi) is 3.32. The molecule has 0 saturated heterocycles. The molecule has 1 aliphatic rings. The molecule has 0 aliphatic heterocycles. The van der Waals surface area contributed by atoms with Crippen molar-refractivity contribution in [3.8, 4) is 11.5 Å². The number of hydrogen-bond donors (Lipinski definition) is 3. The SMILES string of the molecule is Cc1cc(O)cc2c1CC(c1ccc(O)cc1)=C2c1nc(N)cn1C. The lowest BCUT2D eigenvalue weighted by atomic mass is 9.99. The molecule has 0 radical (unpaired) electrons. The first kappa shape index (κ1) is 15.3. The lowest BCUT2D eigenvalue weighted by Crippen LogP contribution is -1.99. The van der Waals surface area contributed by atoms with Gasteiger partial charge in [0.05, 0.1) is 0 Å². The smallest absolute Gasteiger partial charge is 0.143 e. The quantitative estimate of drug-likeness (QED) is 0.672. The normalized spacial score (nSPS) is 13.4. The number of benzene rings is 2. The average molecular weight is 333 g/mol. The molecule has 1 aromatic heterocycles. The summed E-state index contributed by atoms with van der Waals surface area (Å²) in [5.41, 5.74) is 12.2. The molecule has 4 rings (SSSR count).